The molecule has 3 aromatic rings. The Balaban J connectivity index is 2.37. The maximum Gasteiger partial charge on any atom is 0.138 e. The fourth-order valence-electron chi connectivity index (χ4n) is 1.94. The van der Waals surface area contributed by atoms with Crippen molar-refractivity contribution < 1.29 is 0 Å². The Bertz CT molecular complexity index is 652. The van der Waals surface area contributed by atoms with Gasteiger partial charge in [0.25, 0.3) is 0 Å². The molecule has 0 N–H and O–H groups in total. The topological polar surface area (TPSA) is 30.2 Å². The van der Waals surface area contributed by atoms with Gasteiger partial charge >= 0.3 is 0 Å². The molecule has 0 amide bonds. The van der Waals surface area contributed by atoms with Crippen molar-refractivity contribution in [3.05, 3.63) is 42.4 Å². The number of imidazole rings is 1. The summed E-state index contributed by atoms with van der Waals surface area (Å²) in [5.74, 6) is 0.530. The Morgan fingerprint density at radius 1 is 1.25 bits per heavy atom. The molecule has 0 aromatic carbocycles. The molecule has 0 spiro atoms. The fraction of sp³-hybridized carbons (Fsp3) is 0.231. The van der Waals surface area contributed by atoms with Gasteiger partial charge in [0.05, 0.1) is 17.2 Å². The van der Waals surface area contributed by atoms with Crippen molar-refractivity contribution in [3.63, 3.8) is 0 Å². The van der Waals surface area contributed by atoms with Crippen LogP contribution >= 0.6 is 0 Å². The van der Waals surface area contributed by atoms with Gasteiger partial charge < -0.3 is 0 Å². The van der Waals surface area contributed by atoms with E-state index in [4.69, 9.17) is 0 Å². The van der Waals surface area contributed by atoms with E-state index in [1.54, 1.807) is 6.20 Å². The number of nitrogens with zero attached hydrogens (tertiary/aromatic N) is 3. The van der Waals surface area contributed by atoms with Crippen LogP contribution in [-0.2, 0) is 0 Å². The van der Waals surface area contributed by atoms with E-state index in [-0.39, 0.29) is 0 Å². The van der Waals surface area contributed by atoms with Crippen LogP contribution in [0.15, 0.2) is 36.8 Å². The normalized spacial score (nSPS) is 11.7. The van der Waals surface area contributed by atoms with Crippen LogP contribution in [0.5, 0.6) is 0 Å². The number of aromatic nitrogens is 3. The van der Waals surface area contributed by atoms with E-state index in [2.05, 4.69) is 46.5 Å². The minimum Gasteiger partial charge on any atom is -0.298 e. The number of rotatable bonds is 1. The molecule has 3 heteroatoms. The van der Waals surface area contributed by atoms with Crippen LogP contribution in [0.3, 0.4) is 0 Å². The standard InChI is InChI=1S/C13H13N3/c1-9(2)10-4-6-16-12-8-14-5-3-11(12)15-13(16)7-10/h3-9H,1-2H3. The SMILES string of the molecule is CC(C)c1ccn2c(c1)nc1ccncc12. The minimum absolute atomic E-state index is 0.530. The van der Waals surface area contributed by atoms with Gasteiger partial charge in [-0.15, -0.1) is 0 Å². The van der Waals surface area contributed by atoms with Gasteiger partial charge in [-0.25, -0.2) is 4.98 Å². The van der Waals surface area contributed by atoms with E-state index >= 15 is 0 Å². The summed E-state index contributed by atoms with van der Waals surface area (Å²) in [7, 11) is 0. The zero-order valence-electron chi connectivity index (χ0n) is 9.38. The van der Waals surface area contributed by atoms with E-state index in [1.165, 1.54) is 5.56 Å². The zero-order chi connectivity index (χ0) is 11.1. The highest BCUT2D eigenvalue weighted by Gasteiger charge is 2.05. The lowest BCUT2D eigenvalue weighted by atomic mass is 10.1. The molecule has 3 rings (SSSR count). The molecule has 80 valence electrons. The molecule has 0 fully saturated rings. The first-order valence-electron chi connectivity index (χ1n) is 5.47. The van der Waals surface area contributed by atoms with Crippen molar-refractivity contribution in [2.45, 2.75) is 19.8 Å². The molecule has 3 aromatic heterocycles. The highest BCUT2D eigenvalue weighted by molar-refractivity contribution is 5.79. The third-order valence-electron chi connectivity index (χ3n) is 2.90. The van der Waals surface area contributed by atoms with Crippen molar-refractivity contribution in [3.8, 4) is 0 Å². The van der Waals surface area contributed by atoms with Gasteiger partial charge in [0.1, 0.15) is 5.65 Å². The lowest BCUT2D eigenvalue weighted by Crippen LogP contribution is -1.90. The number of fused-ring (bicyclic) bond motifs is 3. The lowest BCUT2D eigenvalue weighted by Gasteiger charge is -2.04. The number of hydrogen-bond donors (Lipinski definition) is 0. The number of pyridine rings is 2. The van der Waals surface area contributed by atoms with Crippen molar-refractivity contribution in [1.29, 1.82) is 0 Å². The summed E-state index contributed by atoms with van der Waals surface area (Å²) in [4.78, 5) is 8.71. The Morgan fingerprint density at radius 2 is 2.12 bits per heavy atom. The summed E-state index contributed by atoms with van der Waals surface area (Å²) >= 11 is 0. The summed E-state index contributed by atoms with van der Waals surface area (Å²) in [6.45, 7) is 4.38. The highest BCUT2D eigenvalue weighted by Crippen LogP contribution is 2.20. The summed E-state index contributed by atoms with van der Waals surface area (Å²) in [6, 6.07) is 6.23. The molecule has 0 aliphatic heterocycles. The van der Waals surface area contributed by atoms with Gasteiger partial charge in [0.15, 0.2) is 0 Å². The maximum atomic E-state index is 4.58. The third-order valence-corrected chi connectivity index (χ3v) is 2.90. The first-order valence-corrected chi connectivity index (χ1v) is 5.47. The summed E-state index contributed by atoms with van der Waals surface area (Å²) in [5, 5.41) is 0. The van der Waals surface area contributed by atoms with Crippen LogP contribution in [0.25, 0.3) is 16.7 Å². The van der Waals surface area contributed by atoms with Crippen LogP contribution in [-0.4, -0.2) is 14.4 Å². The third kappa shape index (κ3) is 1.28. The van der Waals surface area contributed by atoms with Gasteiger partial charge in [0.2, 0.25) is 0 Å². The molecule has 0 bridgehead atoms. The monoisotopic (exact) mass is 211 g/mol. The maximum absolute atomic E-state index is 4.58. The molecule has 0 aliphatic rings. The molecule has 3 heterocycles. The fourth-order valence-corrected chi connectivity index (χ4v) is 1.94. The predicted molar refractivity (Wildman–Crippen MR) is 64.6 cm³/mol. The molecular weight excluding hydrogens is 198 g/mol. The molecule has 3 nitrogen and oxygen atoms in total. The second-order valence-corrected chi connectivity index (χ2v) is 4.32. The largest absolute Gasteiger partial charge is 0.298 e. The molecule has 0 unspecified atom stereocenters. The Kier molecular flexibility index (Phi) is 1.93. The van der Waals surface area contributed by atoms with Crippen molar-refractivity contribution in [1.82, 2.24) is 14.4 Å². The van der Waals surface area contributed by atoms with Crippen LogP contribution in [0, 0.1) is 0 Å². The van der Waals surface area contributed by atoms with Crippen molar-refractivity contribution >= 4 is 16.7 Å². The molecule has 0 aliphatic carbocycles. The Hall–Kier alpha value is -1.90. The van der Waals surface area contributed by atoms with E-state index < -0.39 is 0 Å². The van der Waals surface area contributed by atoms with E-state index in [1.807, 2.05) is 12.3 Å². The lowest BCUT2D eigenvalue weighted by molar-refractivity contribution is 0.863. The van der Waals surface area contributed by atoms with Gasteiger partial charge in [-0.1, -0.05) is 13.8 Å². The smallest absolute Gasteiger partial charge is 0.138 e. The van der Waals surface area contributed by atoms with Crippen LogP contribution in [0.4, 0.5) is 0 Å². The van der Waals surface area contributed by atoms with Gasteiger partial charge in [0, 0.05) is 12.4 Å². The van der Waals surface area contributed by atoms with E-state index in [0.29, 0.717) is 5.92 Å². The Morgan fingerprint density at radius 3 is 2.94 bits per heavy atom. The van der Waals surface area contributed by atoms with E-state index in [0.717, 1.165) is 16.7 Å². The van der Waals surface area contributed by atoms with E-state index in [9.17, 15) is 0 Å². The quantitative estimate of drug-likeness (QED) is 0.619. The van der Waals surface area contributed by atoms with Crippen molar-refractivity contribution in [2.24, 2.45) is 0 Å². The molecule has 16 heavy (non-hydrogen) atoms. The van der Waals surface area contributed by atoms with Gasteiger partial charge in [-0.3, -0.25) is 9.38 Å². The van der Waals surface area contributed by atoms with Gasteiger partial charge in [-0.05, 0) is 29.7 Å². The van der Waals surface area contributed by atoms with Crippen LogP contribution < -0.4 is 0 Å². The molecule has 0 atom stereocenters. The average molecular weight is 211 g/mol. The van der Waals surface area contributed by atoms with Gasteiger partial charge in [-0.2, -0.15) is 0 Å². The second-order valence-electron chi connectivity index (χ2n) is 4.32. The van der Waals surface area contributed by atoms with Crippen LogP contribution in [0.2, 0.25) is 0 Å². The summed E-state index contributed by atoms with van der Waals surface area (Å²) in [6.07, 6.45) is 5.70. The average Bonchev–Trinajstić information content (AvgIpc) is 2.66. The summed E-state index contributed by atoms with van der Waals surface area (Å²) in [5.41, 5.74) is 4.37. The Labute approximate surface area is 93.8 Å². The highest BCUT2D eigenvalue weighted by atomic mass is 15.0. The van der Waals surface area contributed by atoms with Crippen LogP contribution in [0.1, 0.15) is 25.3 Å². The molecule has 0 saturated heterocycles. The minimum atomic E-state index is 0.530. The first-order chi connectivity index (χ1) is 7.75. The first kappa shape index (κ1) is 9.33. The number of hydrogen-bond acceptors (Lipinski definition) is 2. The summed E-state index contributed by atoms with van der Waals surface area (Å²) < 4.78 is 2.08. The van der Waals surface area contributed by atoms with Crippen molar-refractivity contribution in [2.75, 3.05) is 0 Å². The predicted octanol–water partition coefficient (Wildman–Crippen LogP) is 3.01. The second kappa shape index (κ2) is 3.30. The molecule has 0 saturated carbocycles. The molecule has 0 radical (unpaired) electrons. The zero-order valence-corrected chi connectivity index (χ0v) is 9.38. The molecular formula is C13H13N3.